The first-order chi connectivity index (χ1) is 10.7. The molecule has 5 heteroatoms. The van der Waals surface area contributed by atoms with Crippen LogP contribution in [0.25, 0.3) is 0 Å². The Balaban J connectivity index is 1.98. The molecule has 1 heterocycles. The molecule has 0 aromatic heterocycles. The van der Waals surface area contributed by atoms with Crippen LogP contribution in [0.3, 0.4) is 0 Å². The van der Waals surface area contributed by atoms with Crippen molar-refractivity contribution in [3.8, 4) is 0 Å². The molecular formula is C18H25NO3S. The molecule has 2 atom stereocenters. The number of benzene rings is 1. The molecule has 23 heavy (non-hydrogen) atoms. The first kappa shape index (κ1) is 16.5. The van der Waals surface area contributed by atoms with Crippen molar-refractivity contribution in [3.05, 3.63) is 23.8 Å². The van der Waals surface area contributed by atoms with Gasteiger partial charge in [-0.1, -0.05) is 13.3 Å². The Bertz CT molecular complexity index is 741. The van der Waals surface area contributed by atoms with Crippen molar-refractivity contribution in [3.63, 3.8) is 0 Å². The fraction of sp³-hybridized carbons (Fsp3) is 0.611. The number of hydrogen-bond acceptors (Lipinski definition) is 4. The molecule has 0 unspecified atom stereocenters. The average molecular weight is 335 g/mol. The Labute approximate surface area is 138 Å². The van der Waals surface area contributed by atoms with Crippen molar-refractivity contribution >= 4 is 21.3 Å². The second-order valence-electron chi connectivity index (χ2n) is 7.53. The van der Waals surface area contributed by atoms with E-state index in [1.807, 2.05) is 0 Å². The molecule has 0 bridgehead atoms. The summed E-state index contributed by atoms with van der Waals surface area (Å²) in [5, 5.41) is 0. The summed E-state index contributed by atoms with van der Waals surface area (Å²) in [5.41, 5.74) is 1.62. The van der Waals surface area contributed by atoms with Crippen molar-refractivity contribution in [1.82, 2.24) is 0 Å². The van der Waals surface area contributed by atoms with Crippen LogP contribution in [0.2, 0.25) is 0 Å². The zero-order valence-corrected chi connectivity index (χ0v) is 14.9. The molecule has 3 rings (SSSR count). The lowest BCUT2D eigenvalue weighted by molar-refractivity contribution is 0.101. The van der Waals surface area contributed by atoms with Gasteiger partial charge in [-0.3, -0.25) is 4.79 Å². The summed E-state index contributed by atoms with van der Waals surface area (Å²) in [6.45, 7) is 5.59. The Kier molecular flexibility index (Phi) is 4.03. The lowest BCUT2D eigenvalue weighted by atomic mass is 9.85. The van der Waals surface area contributed by atoms with Gasteiger partial charge in [0, 0.05) is 24.9 Å². The van der Waals surface area contributed by atoms with Crippen LogP contribution in [0.15, 0.2) is 23.1 Å². The summed E-state index contributed by atoms with van der Waals surface area (Å²) in [5.74, 6) is 0.725. The summed E-state index contributed by atoms with van der Waals surface area (Å²) in [6.07, 6.45) is 6.07. The number of carbonyl (C=O) groups is 1. The summed E-state index contributed by atoms with van der Waals surface area (Å²) in [4.78, 5) is 14.2. The standard InChI is InChI=1S/C18H25NO3S/c1-13-6-7-18(11-13)8-9-19(12-18)16-10-15(14(2)20)4-5-17(16)23(3,21)22/h4-5,10,13H,6-9,11-12H2,1-3H3/t13-,18+/m1/s1. The molecule has 1 saturated heterocycles. The fourth-order valence-corrected chi connectivity index (χ4v) is 5.19. The minimum absolute atomic E-state index is 0.0327. The number of sulfone groups is 1. The summed E-state index contributed by atoms with van der Waals surface area (Å²) < 4.78 is 24.3. The summed E-state index contributed by atoms with van der Waals surface area (Å²) >= 11 is 0. The van der Waals surface area contributed by atoms with Gasteiger partial charge in [0.15, 0.2) is 15.6 Å². The largest absolute Gasteiger partial charge is 0.370 e. The topological polar surface area (TPSA) is 54.5 Å². The number of ketones is 1. The number of hydrogen-bond donors (Lipinski definition) is 0. The number of nitrogens with zero attached hydrogens (tertiary/aromatic N) is 1. The fourth-order valence-electron chi connectivity index (χ4n) is 4.30. The Hall–Kier alpha value is -1.36. The van der Waals surface area contributed by atoms with Gasteiger partial charge in [-0.25, -0.2) is 8.42 Å². The maximum atomic E-state index is 12.1. The molecule has 0 radical (unpaired) electrons. The lowest BCUT2D eigenvalue weighted by Gasteiger charge is -2.26. The van der Waals surface area contributed by atoms with Crippen LogP contribution >= 0.6 is 0 Å². The van der Waals surface area contributed by atoms with E-state index in [2.05, 4.69) is 11.8 Å². The highest BCUT2D eigenvalue weighted by Gasteiger charge is 2.43. The molecule has 0 amide bonds. The van der Waals surface area contributed by atoms with Crippen LogP contribution in [-0.4, -0.2) is 33.5 Å². The van der Waals surface area contributed by atoms with Gasteiger partial charge in [0.25, 0.3) is 0 Å². The normalized spacial score (nSPS) is 27.8. The van der Waals surface area contributed by atoms with Gasteiger partial charge in [0.2, 0.25) is 0 Å². The predicted molar refractivity (Wildman–Crippen MR) is 91.8 cm³/mol. The van der Waals surface area contributed by atoms with E-state index in [-0.39, 0.29) is 5.78 Å². The minimum atomic E-state index is -3.31. The van der Waals surface area contributed by atoms with E-state index in [9.17, 15) is 13.2 Å². The first-order valence-corrected chi connectivity index (χ1v) is 10.2. The van der Waals surface area contributed by atoms with E-state index in [1.54, 1.807) is 18.2 Å². The Morgan fingerprint density at radius 2 is 2.04 bits per heavy atom. The van der Waals surface area contributed by atoms with Gasteiger partial charge in [0.1, 0.15) is 0 Å². The molecule has 1 aromatic rings. The van der Waals surface area contributed by atoms with Gasteiger partial charge in [-0.15, -0.1) is 0 Å². The number of rotatable bonds is 3. The van der Waals surface area contributed by atoms with Crippen molar-refractivity contribution in [1.29, 1.82) is 0 Å². The molecule has 1 aromatic carbocycles. The summed E-state index contributed by atoms with van der Waals surface area (Å²) in [6, 6.07) is 4.96. The zero-order valence-electron chi connectivity index (χ0n) is 14.1. The molecule has 126 valence electrons. The van der Waals surface area contributed by atoms with Crippen molar-refractivity contribution in [2.75, 3.05) is 24.2 Å². The molecule has 1 aliphatic carbocycles. The molecule has 1 spiro atoms. The van der Waals surface area contributed by atoms with Gasteiger partial charge in [-0.2, -0.15) is 0 Å². The second-order valence-corrected chi connectivity index (χ2v) is 9.51. The quantitative estimate of drug-likeness (QED) is 0.795. The SMILES string of the molecule is CC(=O)c1ccc(S(C)(=O)=O)c(N2CC[C@]3(CC[C@@H](C)C3)C2)c1. The van der Waals surface area contributed by atoms with Crippen LogP contribution in [0.4, 0.5) is 5.69 Å². The number of carbonyl (C=O) groups excluding carboxylic acids is 1. The van der Waals surface area contributed by atoms with Gasteiger partial charge in [-0.05, 0) is 55.7 Å². The third-order valence-electron chi connectivity index (χ3n) is 5.49. The van der Waals surface area contributed by atoms with Crippen LogP contribution in [0.1, 0.15) is 49.9 Å². The highest BCUT2D eigenvalue weighted by molar-refractivity contribution is 7.90. The van der Waals surface area contributed by atoms with Crippen LogP contribution in [-0.2, 0) is 9.84 Å². The zero-order chi connectivity index (χ0) is 16.8. The minimum Gasteiger partial charge on any atom is -0.370 e. The van der Waals surface area contributed by atoms with Crippen molar-refractivity contribution in [2.45, 2.75) is 44.4 Å². The molecule has 1 aliphatic heterocycles. The van der Waals surface area contributed by atoms with E-state index in [1.165, 1.54) is 32.4 Å². The van der Waals surface area contributed by atoms with Gasteiger partial charge < -0.3 is 4.90 Å². The summed E-state index contributed by atoms with van der Waals surface area (Å²) in [7, 11) is -3.31. The molecular weight excluding hydrogens is 310 g/mol. The highest BCUT2D eigenvalue weighted by Crippen LogP contribution is 2.49. The predicted octanol–water partition coefficient (Wildman–Crippen LogP) is 3.31. The Morgan fingerprint density at radius 1 is 1.30 bits per heavy atom. The van der Waals surface area contributed by atoms with Crippen molar-refractivity contribution in [2.24, 2.45) is 11.3 Å². The van der Waals surface area contributed by atoms with Crippen LogP contribution in [0.5, 0.6) is 0 Å². The molecule has 2 fully saturated rings. The first-order valence-electron chi connectivity index (χ1n) is 8.30. The maximum absolute atomic E-state index is 12.1. The van der Waals surface area contributed by atoms with E-state index in [0.717, 1.165) is 25.4 Å². The second kappa shape index (κ2) is 5.62. The smallest absolute Gasteiger partial charge is 0.177 e. The lowest BCUT2D eigenvalue weighted by Crippen LogP contribution is -2.26. The maximum Gasteiger partial charge on any atom is 0.177 e. The van der Waals surface area contributed by atoms with E-state index >= 15 is 0 Å². The third kappa shape index (κ3) is 3.16. The monoisotopic (exact) mass is 335 g/mol. The van der Waals surface area contributed by atoms with Gasteiger partial charge >= 0.3 is 0 Å². The van der Waals surface area contributed by atoms with E-state index in [4.69, 9.17) is 0 Å². The van der Waals surface area contributed by atoms with Crippen LogP contribution < -0.4 is 4.90 Å². The van der Waals surface area contributed by atoms with Gasteiger partial charge in [0.05, 0.1) is 10.6 Å². The van der Waals surface area contributed by atoms with Crippen molar-refractivity contribution < 1.29 is 13.2 Å². The van der Waals surface area contributed by atoms with E-state index in [0.29, 0.717) is 21.6 Å². The molecule has 2 aliphatic rings. The van der Waals surface area contributed by atoms with E-state index < -0.39 is 9.84 Å². The average Bonchev–Trinajstić information content (AvgIpc) is 3.04. The van der Waals surface area contributed by atoms with Crippen LogP contribution in [0, 0.1) is 11.3 Å². The molecule has 1 saturated carbocycles. The third-order valence-corrected chi connectivity index (χ3v) is 6.64. The number of Topliss-reactive ketones (excluding diaryl/α,β-unsaturated/α-hetero) is 1. The Morgan fingerprint density at radius 3 is 2.61 bits per heavy atom. The number of anilines is 1. The molecule has 4 nitrogen and oxygen atoms in total. The highest BCUT2D eigenvalue weighted by atomic mass is 32.2. The molecule has 0 N–H and O–H groups in total.